The summed E-state index contributed by atoms with van der Waals surface area (Å²) in [7, 11) is 0. The van der Waals surface area contributed by atoms with E-state index in [1.165, 1.54) is 0 Å². The predicted molar refractivity (Wildman–Crippen MR) is 77.8 cm³/mol. The number of aromatic nitrogens is 1. The summed E-state index contributed by atoms with van der Waals surface area (Å²) in [5.41, 5.74) is 14.6. The van der Waals surface area contributed by atoms with Crippen molar-refractivity contribution in [2.24, 2.45) is 11.5 Å². The number of carbonyl (C=O) groups is 1. The number of nitrogens with two attached hydrogens (primary N) is 2. The summed E-state index contributed by atoms with van der Waals surface area (Å²) >= 11 is 5.37. The topological polar surface area (TPSA) is 94.0 Å². The molecule has 1 aromatic rings. The first-order chi connectivity index (χ1) is 8.99. The summed E-state index contributed by atoms with van der Waals surface area (Å²) in [6, 6.07) is 1.66. The van der Waals surface area contributed by atoms with E-state index in [1.54, 1.807) is 19.1 Å². The van der Waals surface area contributed by atoms with Crippen LogP contribution in [0.1, 0.15) is 34.2 Å². The standard InChI is InChI=1S/C13H16N4OS/c1-7(14)4-12(19)9-5-10(13(15)18)17-11-6-16-3-2-8(9)11/h4-5,16H,2-3,6,14H2,1H3,(H2,15,18). The lowest BCUT2D eigenvalue weighted by Crippen LogP contribution is -2.28. The number of hydrogen-bond donors (Lipinski definition) is 3. The van der Waals surface area contributed by atoms with Gasteiger partial charge in [0.1, 0.15) is 5.69 Å². The van der Waals surface area contributed by atoms with Crippen molar-refractivity contribution < 1.29 is 4.79 Å². The number of pyridine rings is 1. The third-order valence-corrected chi connectivity index (χ3v) is 3.27. The quantitative estimate of drug-likeness (QED) is 0.422. The summed E-state index contributed by atoms with van der Waals surface area (Å²) in [5, 5.41) is 3.22. The Hall–Kier alpha value is -1.79. The molecule has 0 spiro atoms. The van der Waals surface area contributed by atoms with Crippen molar-refractivity contribution in [2.45, 2.75) is 19.9 Å². The average molecular weight is 276 g/mol. The third-order valence-electron chi connectivity index (χ3n) is 2.93. The predicted octanol–water partition coefficient (Wildman–Crippen LogP) is 0.407. The highest BCUT2D eigenvalue weighted by Crippen LogP contribution is 2.20. The Morgan fingerprint density at radius 3 is 2.89 bits per heavy atom. The van der Waals surface area contributed by atoms with Gasteiger partial charge < -0.3 is 16.8 Å². The molecule has 5 nitrogen and oxygen atoms in total. The molecule has 0 aromatic carbocycles. The molecule has 19 heavy (non-hydrogen) atoms. The van der Waals surface area contributed by atoms with Gasteiger partial charge in [0.05, 0.1) is 5.69 Å². The number of hydrogen-bond acceptors (Lipinski definition) is 5. The zero-order valence-electron chi connectivity index (χ0n) is 10.7. The Morgan fingerprint density at radius 1 is 1.53 bits per heavy atom. The average Bonchev–Trinajstić information content (AvgIpc) is 2.36. The molecule has 0 aliphatic carbocycles. The SMILES string of the molecule is CC(N)=CC(=S)c1cc(C(N)=O)nc2c1CCNC2. The van der Waals surface area contributed by atoms with Crippen LogP contribution in [0.2, 0.25) is 0 Å². The molecule has 2 heterocycles. The number of carbonyl (C=O) groups excluding carboxylic acids is 1. The second kappa shape index (κ2) is 5.46. The fraction of sp³-hybridized carbons (Fsp3) is 0.308. The van der Waals surface area contributed by atoms with Crippen molar-refractivity contribution in [3.8, 4) is 0 Å². The van der Waals surface area contributed by atoms with E-state index >= 15 is 0 Å². The molecule has 1 amide bonds. The second-order valence-corrected chi connectivity index (χ2v) is 4.96. The van der Waals surface area contributed by atoms with E-state index in [-0.39, 0.29) is 5.69 Å². The smallest absolute Gasteiger partial charge is 0.267 e. The van der Waals surface area contributed by atoms with E-state index in [4.69, 9.17) is 23.7 Å². The van der Waals surface area contributed by atoms with Crippen LogP contribution in [0.5, 0.6) is 0 Å². The second-order valence-electron chi connectivity index (χ2n) is 4.52. The van der Waals surface area contributed by atoms with E-state index < -0.39 is 5.91 Å². The number of primary amides is 1. The van der Waals surface area contributed by atoms with Gasteiger partial charge >= 0.3 is 0 Å². The summed E-state index contributed by atoms with van der Waals surface area (Å²) in [4.78, 5) is 16.2. The van der Waals surface area contributed by atoms with Crippen LogP contribution >= 0.6 is 12.2 Å². The van der Waals surface area contributed by atoms with E-state index in [0.717, 1.165) is 29.8 Å². The highest BCUT2D eigenvalue weighted by molar-refractivity contribution is 7.81. The van der Waals surface area contributed by atoms with Gasteiger partial charge in [0.25, 0.3) is 5.91 Å². The normalized spacial score (nSPS) is 14.9. The number of amides is 1. The Morgan fingerprint density at radius 2 is 2.26 bits per heavy atom. The molecule has 0 atom stereocenters. The number of thiocarbonyl (C=S) groups is 1. The molecule has 1 aliphatic heterocycles. The van der Waals surface area contributed by atoms with Crippen LogP contribution in [0.15, 0.2) is 17.8 Å². The molecule has 1 aliphatic rings. The van der Waals surface area contributed by atoms with Crippen molar-refractivity contribution in [3.63, 3.8) is 0 Å². The molecular weight excluding hydrogens is 260 g/mol. The third kappa shape index (κ3) is 2.97. The van der Waals surface area contributed by atoms with Crippen LogP contribution in [-0.2, 0) is 13.0 Å². The molecule has 100 valence electrons. The number of nitrogens with one attached hydrogen (secondary N) is 1. The first-order valence-electron chi connectivity index (χ1n) is 6.00. The van der Waals surface area contributed by atoms with Gasteiger partial charge in [-0.2, -0.15) is 0 Å². The maximum Gasteiger partial charge on any atom is 0.267 e. The molecule has 0 radical (unpaired) electrons. The van der Waals surface area contributed by atoms with Crippen LogP contribution in [0.4, 0.5) is 0 Å². The number of nitrogens with zero attached hydrogens (tertiary/aromatic N) is 1. The van der Waals surface area contributed by atoms with Crippen molar-refractivity contribution in [2.75, 3.05) is 6.54 Å². The number of fused-ring (bicyclic) bond motifs is 1. The fourth-order valence-corrected chi connectivity index (χ4v) is 2.47. The van der Waals surface area contributed by atoms with E-state index in [2.05, 4.69) is 10.3 Å². The van der Waals surface area contributed by atoms with Crippen LogP contribution in [0.3, 0.4) is 0 Å². The molecule has 0 saturated carbocycles. The molecule has 0 bridgehead atoms. The van der Waals surface area contributed by atoms with E-state index in [9.17, 15) is 4.79 Å². The lowest BCUT2D eigenvalue weighted by molar-refractivity contribution is 0.0995. The molecule has 0 unspecified atom stereocenters. The lowest BCUT2D eigenvalue weighted by atomic mass is 9.96. The zero-order chi connectivity index (χ0) is 14.0. The van der Waals surface area contributed by atoms with Crippen LogP contribution < -0.4 is 16.8 Å². The fourth-order valence-electron chi connectivity index (χ4n) is 2.10. The maximum absolute atomic E-state index is 11.3. The van der Waals surface area contributed by atoms with Gasteiger partial charge in [-0.25, -0.2) is 4.98 Å². The monoisotopic (exact) mass is 276 g/mol. The first kappa shape index (κ1) is 13.6. The molecule has 6 heteroatoms. The lowest BCUT2D eigenvalue weighted by Gasteiger charge is -2.20. The first-order valence-corrected chi connectivity index (χ1v) is 6.41. The highest BCUT2D eigenvalue weighted by atomic mass is 32.1. The van der Waals surface area contributed by atoms with Gasteiger partial charge in [-0.15, -0.1) is 0 Å². The minimum absolute atomic E-state index is 0.239. The minimum atomic E-state index is -0.550. The van der Waals surface area contributed by atoms with Gasteiger partial charge in [-0.3, -0.25) is 4.79 Å². The molecule has 0 saturated heterocycles. The van der Waals surface area contributed by atoms with Gasteiger partial charge in [0, 0.05) is 17.1 Å². The van der Waals surface area contributed by atoms with E-state index in [0.29, 0.717) is 17.1 Å². The summed E-state index contributed by atoms with van der Waals surface area (Å²) < 4.78 is 0. The molecule has 0 fully saturated rings. The van der Waals surface area contributed by atoms with Gasteiger partial charge in [0.2, 0.25) is 0 Å². The summed E-state index contributed by atoms with van der Waals surface area (Å²) in [6.45, 7) is 3.26. The number of allylic oxidation sites excluding steroid dienone is 2. The van der Waals surface area contributed by atoms with E-state index in [1.807, 2.05) is 0 Å². The van der Waals surface area contributed by atoms with Crippen LogP contribution in [0.25, 0.3) is 0 Å². The summed E-state index contributed by atoms with van der Waals surface area (Å²) in [5.74, 6) is -0.550. The van der Waals surface area contributed by atoms with Gasteiger partial charge in [-0.1, -0.05) is 12.2 Å². The van der Waals surface area contributed by atoms with Crippen molar-refractivity contribution in [1.82, 2.24) is 10.3 Å². The maximum atomic E-state index is 11.3. The Kier molecular flexibility index (Phi) is 3.92. The molecule has 1 aromatic heterocycles. The van der Waals surface area contributed by atoms with Crippen molar-refractivity contribution >= 4 is 23.0 Å². The largest absolute Gasteiger partial charge is 0.402 e. The Labute approximate surface area is 117 Å². The minimum Gasteiger partial charge on any atom is -0.402 e. The van der Waals surface area contributed by atoms with Crippen molar-refractivity contribution in [3.05, 3.63) is 40.4 Å². The van der Waals surface area contributed by atoms with Crippen molar-refractivity contribution in [1.29, 1.82) is 0 Å². The van der Waals surface area contributed by atoms with Crippen LogP contribution in [-0.4, -0.2) is 22.3 Å². The summed E-state index contributed by atoms with van der Waals surface area (Å²) in [6.07, 6.45) is 2.55. The molecular formula is C13H16N4OS. The van der Waals surface area contributed by atoms with Crippen LogP contribution in [0, 0.1) is 0 Å². The molecule has 2 rings (SSSR count). The molecule has 5 N–H and O–H groups in total. The zero-order valence-corrected chi connectivity index (χ0v) is 11.5. The van der Waals surface area contributed by atoms with Gasteiger partial charge in [-0.05, 0) is 43.2 Å². The number of rotatable bonds is 3. The Bertz CT molecular complexity index is 576. The Balaban J connectivity index is 2.57. The highest BCUT2D eigenvalue weighted by Gasteiger charge is 2.19. The van der Waals surface area contributed by atoms with Gasteiger partial charge in [0.15, 0.2) is 0 Å².